The van der Waals surface area contributed by atoms with Gasteiger partial charge in [-0.3, -0.25) is 4.79 Å². The highest BCUT2D eigenvalue weighted by Gasteiger charge is 2.16. The minimum Gasteiger partial charge on any atom is -0.384 e. The number of benzene rings is 1. The molecule has 0 bridgehead atoms. The van der Waals surface area contributed by atoms with Gasteiger partial charge in [-0.15, -0.1) is 0 Å². The average Bonchev–Trinajstić information content (AvgIpc) is 2.57. The zero-order chi connectivity index (χ0) is 15.4. The van der Waals surface area contributed by atoms with Crippen LogP contribution in [0.15, 0.2) is 42.6 Å². The number of morpholine rings is 1. The van der Waals surface area contributed by atoms with Crippen LogP contribution in [-0.4, -0.2) is 37.2 Å². The Morgan fingerprint density at radius 3 is 2.68 bits per heavy atom. The van der Waals surface area contributed by atoms with Gasteiger partial charge in [0.05, 0.1) is 30.2 Å². The number of anilines is 3. The van der Waals surface area contributed by atoms with Crippen LogP contribution in [0.1, 0.15) is 10.4 Å². The summed E-state index contributed by atoms with van der Waals surface area (Å²) in [5.74, 6) is 0.193. The number of aromatic nitrogens is 1. The molecule has 2 aromatic rings. The summed E-state index contributed by atoms with van der Waals surface area (Å²) in [4.78, 5) is 18.5. The number of hydrogen-bond acceptors (Lipinski definition) is 5. The van der Waals surface area contributed by atoms with E-state index in [2.05, 4.69) is 15.2 Å². The lowest BCUT2D eigenvalue weighted by molar-refractivity contribution is 0.102. The van der Waals surface area contributed by atoms with E-state index in [9.17, 15) is 4.79 Å². The summed E-state index contributed by atoms with van der Waals surface area (Å²) < 4.78 is 5.37. The molecule has 1 aromatic carbocycles. The van der Waals surface area contributed by atoms with Gasteiger partial charge < -0.3 is 20.7 Å². The molecule has 1 amide bonds. The van der Waals surface area contributed by atoms with E-state index in [-0.39, 0.29) is 5.91 Å². The van der Waals surface area contributed by atoms with Gasteiger partial charge in [-0.2, -0.15) is 0 Å². The van der Waals surface area contributed by atoms with Crippen molar-refractivity contribution in [1.82, 2.24) is 4.98 Å². The highest BCUT2D eigenvalue weighted by Crippen LogP contribution is 2.26. The van der Waals surface area contributed by atoms with E-state index in [0.717, 1.165) is 24.5 Å². The second-order valence-corrected chi connectivity index (χ2v) is 5.04. The number of carbonyl (C=O) groups excluding carboxylic acids is 1. The highest BCUT2D eigenvalue weighted by molar-refractivity contribution is 6.05. The van der Waals surface area contributed by atoms with Gasteiger partial charge in [0, 0.05) is 19.3 Å². The number of nitrogens with two attached hydrogens (primary N) is 1. The van der Waals surface area contributed by atoms with Gasteiger partial charge in [-0.25, -0.2) is 4.98 Å². The maximum absolute atomic E-state index is 12.3. The highest BCUT2D eigenvalue weighted by atomic mass is 16.5. The summed E-state index contributed by atoms with van der Waals surface area (Å²) >= 11 is 0. The van der Waals surface area contributed by atoms with E-state index in [1.807, 2.05) is 24.3 Å². The summed E-state index contributed by atoms with van der Waals surface area (Å²) in [7, 11) is 0. The number of nitrogens with one attached hydrogen (secondary N) is 1. The normalized spacial score (nSPS) is 14.6. The number of carbonyl (C=O) groups is 1. The molecule has 22 heavy (non-hydrogen) atoms. The van der Waals surface area contributed by atoms with Crippen LogP contribution in [0.2, 0.25) is 0 Å². The molecule has 2 heterocycles. The first kappa shape index (κ1) is 14.3. The van der Waals surface area contributed by atoms with Crippen LogP contribution in [0.5, 0.6) is 0 Å². The van der Waals surface area contributed by atoms with Crippen LogP contribution in [0.3, 0.4) is 0 Å². The van der Waals surface area contributed by atoms with Crippen molar-refractivity contribution in [3.63, 3.8) is 0 Å². The standard InChI is InChI=1S/C16H18N4O2/c17-15-6-5-12(11-18-15)16(21)19-13-3-1-2-4-14(13)20-7-9-22-10-8-20/h1-6,11H,7-10H2,(H2,17,18)(H,19,21). The molecule has 6 nitrogen and oxygen atoms in total. The first-order valence-electron chi connectivity index (χ1n) is 7.18. The van der Waals surface area contributed by atoms with Crippen LogP contribution >= 0.6 is 0 Å². The molecule has 114 valence electrons. The molecule has 3 N–H and O–H groups in total. The Bertz CT molecular complexity index is 651. The Labute approximate surface area is 128 Å². The largest absolute Gasteiger partial charge is 0.384 e. The van der Waals surface area contributed by atoms with E-state index in [1.54, 1.807) is 12.1 Å². The molecule has 0 spiro atoms. The van der Waals surface area contributed by atoms with E-state index in [0.29, 0.717) is 24.6 Å². The van der Waals surface area contributed by atoms with Gasteiger partial charge >= 0.3 is 0 Å². The smallest absolute Gasteiger partial charge is 0.257 e. The summed E-state index contributed by atoms with van der Waals surface area (Å²) in [5, 5.41) is 2.94. The minimum atomic E-state index is -0.201. The molecule has 1 aliphatic heterocycles. The first-order valence-corrected chi connectivity index (χ1v) is 7.18. The topological polar surface area (TPSA) is 80.5 Å². The Morgan fingerprint density at radius 2 is 1.95 bits per heavy atom. The van der Waals surface area contributed by atoms with Gasteiger partial charge in [0.25, 0.3) is 5.91 Å². The van der Waals surface area contributed by atoms with Crippen molar-refractivity contribution in [2.24, 2.45) is 0 Å². The zero-order valence-electron chi connectivity index (χ0n) is 12.2. The molecule has 0 saturated carbocycles. The summed E-state index contributed by atoms with van der Waals surface area (Å²) in [6.45, 7) is 3.03. The molecule has 6 heteroatoms. The lowest BCUT2D eigenvalue weighted by Crippen LogP contribution is -2.36. The molecular formula is C16H18N4O2. The molecule has 1 fully saturated rings. The molecule has 1 aromatic heterocycles. The number of pyridine rings is 1. The van der Waals surface area contributed by atoms with Crippen molar-refractivity contribution < 1.29 is 9.53 Å². The zero-order valence-corrected chi connectivity index (χ0v) is 12.2. The fourth-order valence-corrected chi connectivity index (χ4v) is 2.39. The second kappa shape index (κ2) is 6.44. The molecule has 3 rings (SSSR count). The average molecular weight is 298 g/mol. The predicted molar refractivity (Wildman–Crippen MR) is 86.1 cm³/mol. The monoisotopic (exact) mass is 298 g/mol. The molecule has 1 saturated heterocycles. The summed E-state index contributed by atoms with van der Waals surface area (Å²) in [5.41, 5.74) is 7.80. The Morgan fingerprint density at radius 1 is 1.18 bits per heavy atom. The molecule has 0 aliphatic carbocycles. The quantitative estimate of drug-likeness (QED) is 0.902. The minimum absolute atomic E-state index is 0.201. The third kappa shape index (κ3) is 3.17. The Balaban J connectivity index is 1.79. The number of nitrogen functional groups attached to an aromatic ring is 1. The van der Waals surface area contributed by atoms with E-state index >= 15 is 0 Å². The van der Waals surface area contributed by atoms with Crippen molar-refractivity contribution in [3.05, 3.63) is 48.2 Å². The summed E-state index contributed by atoms with van der Waals surface area (Å²) in [6, 6.07) is 11.0. The number of ether oxygens (including phenoxy) is 1. The first-order chi connectivity index (χ1) is 10.7. The lowest BCUT2D eigenvalue weighted by atomic mass is 10.2. The Kier molecular flexibility index (Phi) is 4.20. The van der Waals surface area contributed by atoms with Crippen molar-refractivity contribution >= 4 is 23.1 Å². The molecule has 0 unspecified atom stereocenters. The maximum Gasteiger partial charge on any atom is 0.257 e. The SMILES string of the molecule is Nc1ccc(C(=O)Nc2ccccc2N2CCOCC2)cn1. The van der Waals surface area contributed by atoms with Gasteiger partial charge in [-0.05, 0) is 24.3 Å². The number of nitrogens with zero attached hydrogens (tertiary/aromatic N) is 2. The van der Waals surface area contributed by atoms with Crippen molar-refractivity contribution in [2.75, 3.05) is 42.3 Å². The van der Waals surface area contributed by atoms with Crippen molar-refractivity contribution in [2.45, 2.75) is 0 Å². The van der Waals surface area contributed by atoms with Crippen LogP contribution in [0.4, 0.5) is 17.2 Å². The molecule has 1 aliphatic rings. The predicted octanol–water partition coefficient (Wildman–Crippen LogP) is 1.75. The van der Waals surface area contributed by atoms with Crippen LogP contribution in [0, 0.1) is 0 Å². The van der Waals surface area contributed by atoms with E-state index in [4.69, 9.17) is 10.5 Å². The van der Waals surface area contributed by atoms with Gasteiger partial charge in [0.15, 0.2) is 0 Å². The van der Waals surface area contributed by atoms with Crippen molar-refractivity contribution in [1.29, 1.82) is 0 Å². The second-order valence-electron chi connectivity index (χ2n) is 5.04. The number of amides is 1. The lowest BCUT2D eigenvalue weighted by Gasteiger charge is -2.30. The van der Waals surface area contributed by atoms with Crippen LogP contribution in [-0.2, 0) is 4.74 Å². The van der Waals surface area contributed by atoms with Crippen molar-refractivity contribution in [3.8, 4) is 0 Å². The van der Waals surface area contributed by atoms with E-state index < -0.39 is 0 Å². The fraction of sp³-hybridized carbons (Fsp3) is 0.250. The van der Waals surface area contributed by atoms with Gasteiger partial charge in [0.2, 0.25) is 0 Å². The van der Waals surface area contributed by atoms with Crippen LogP contribution < -0.4 is 16.0 Å². The number of rotatable bonds is 3. The number of para-hydroxylation sites is 2. The maximum atomic E-state index is 12.3. The van der Waals surface area contributed by atoms with Gasteiger partial charge in [-0.1, -0.05) is 12.1 Å². The van der Waals surface area contributed by atoms with Gasteiger partial charge in [0.1, 0.15) is 5.82 Å². The number of hydrogen-bond donors (Lipinski definition) is 2. The third-order valence-electron chi connectivity index (χ3n) is 3.55. The Hall–Kier alpha value is -2.60. The summed E-state index contributed by atoms with van der Waals surface area (Å²) in [6.07, 6.45) is 1.47. The molecular weight excluding hydrogens is 280 g/mol. The van der Waals surface area contributed by atoms with Crippen LogP contribution in [0.25, 0.3) is 0 Å². The third-order valence-corrected chi connectivity index (χ3v) is 3.55. The molecule has 0 atom stereocenters. The molecule has 0 radical (unpaired) electrons. The fourth-order valence-electron chi connectivity index (χ4n) is 2.39. The van der Waals surface area contributed by atoms with E-state index in [1.165, 1.54) is 6.20 Å².